The molecule has 0 aliphatic rings. The lowest BCUT2D eigenvalue weighted by molar-refractivity contribution is 0.0687. The first-order chi connectivity index (χ1) is 7.11. The van der Waals surface area contributed by atoms with Crippen molar-refractivity contribution in [1.29, 1.82) is 0 Å². The predicted octanol–water partition coefficient (Wildman–Crippen LogP) is 1.40. The average molecular weight is 221 g/mol. The third-order valence-corrected chi connectivity index (χ3v) is 2.40. The fraction of sp³-hybridized carbons (Fsp3) is 0.111. The lowest BCUT2D eigenvalue weighted by atomic mass is 10.3. The highest BCUT2D eigenvalue weighted by molar-refractivity contribution is 7.71. The normalized spacial score (nSPS) is 10.5. The summed E-state index contributed by atoms with van der Waals surface area (Å²) >= 11 is 5.01. The predicted molar refractivity (Wildman–Crippen MR) is 56.3 cm³/mol. The fourth-order valence-corrected chi connectivity index (χ4v) is 1.62. The fourth-order valence-electron chi connectivity index (χ4n) is 1.33. The van der Waals surface area contributed by atoms with Crippen molar-refractivity contribution < 1.29 is 9.90 Å². The van der Waals surface area contributed by atoms with Gasteiger partial charge in [-0.2, -0.15) is 5.10 Å². The average Bonchev–Trinajstić information content (AvgIpc) is 2.23. The van der Waals surface area contributed by atoms with Crippen molar-refractivity contribution in [3.8, 4) is 0 Å². The van der Waals surface area contributed by atoms with Crippen LogP contribution in [0.4, 0.5) is 0 Å². The van der Waals surface area contributed by atoms with Crippen LogP contribution in [0, 0.1) is 4.51 Å². The maximum atomic E-state index is 10.8. The first kappa shape index (κ1) is 9.72. The first-order valence-electron chi connectivity index (χ1n) is 4.16. The summed E-state index contributed by atoms with van der Waals surface area (Å²) in [5.74, 6) is -1.14. The lowest BCUT2D eigenvalue weighted by Gasteiger charge is -2.05. The Hall–Kier alpha value is -1.82. The number of hydrogen-bond donors (Lipinski definition) is 1. The summed E-state index contributed by atoms with van der Waals surface area (Å²) in [5, 5.41) is 12.8. The van der Waals surface area contributed by atoms with Crippen molar-refractivity contribution in [2.75, 3.05) is 0 Å². The smallest absolute Gasteiger partial charge is 0.357 e. The third-order valence-electron chi connectivity index (χ3n) is 2.02. The van der Waals surface area contributed by atoms with Crippen LogP contribution in [0.1, 0.15) is 10.5 Å². The Labute approximate surface area is 90.0 Å². The molecule has 0 atom stereocenters. The van der Waals surface area contributed by atoms with Gasteiger partial charge >= 0.3 is 5.97 Å². The molecule has 1 N–H and O–H groups in total. The minimum atomic E-state index is -1.14. The minimum Gasteiger partial charge on any atom is -0.476 e. The zero-order valence-electron chi connectivity index (χ0n) is 7.84. The van der Waals surface area contributed by atoms with E-state index in [2.05, 4.69) is 10.1 Å². The van der Waals surface area contributed by atoms with Crippen molar-refractivity contribution >= 4 is 29.2 Å². The van der Waals surface area contributed by atoms with E-state index in [-0.39, 0.29) is 10.2 Å². The van der Waals surface area contributed by atoms with Crippen LogP contribution < -0.4 is 0 Å². The molecule has 15 heavy (non-hydrogen) atoms. The van der Waals surface area contributed by atoms with Gasteiger partial charge in [0.15, 0.2) is 5.69 Å². The number of aromatic nitrogens is 3. The largest absolute Gasteiger partial charge is 0.476 e. The van der Waals surface area contributed by atoms with E-state index in [0.29, 0.717) is 11.0 Å². The maximum Gasteiger partial charge on any atom is 0.357 e. The van der Waals surface area contributed by atoms with Crippen LogP contribution in [0.5, 0.6) is 0 Å². The van der Waals surface area contributed by atoms with Gasteiger partial charge in [0.1, 0.15) is 10.0 Å². The number of carbonyl (C=O) groups is 1. The Bertz CT molecular complexity index is 606. The Kier molecular flexibility index (Phi) is 2.20. The number of nitrogens with zero attached hydrogens (tertiary/aromatic N) is 3. The van der Waals surface area contributed by atoms with Crippen LogP contribution in [-0.2, 0) is 7.05 Å². The van der Waals surface area contributed by atoms with E-state index >= 15 is 0 Å². The standard InChI is InChI=1S/C9H7N3O2S/c1-12-5-3-2-4-10-6(5)8(15)7(11-12)9(13)14/h2-4H,1H3,(H,13,14). The van der Waals surface area contributed by atoms with Gasteiger partial charge < -0.3 is 5.11 Å². The molecule has 0 spiro atoms. The maximum absolute atomic E-state index is 10.8. The SMILES string of the molecule is Cn1nc(C(=O)O)c(=S)c2ncccc21. The van der Waals surface area contributed by atoms with Gasteiger partial charge in [0.25, 0.3) is 0 Å². The molecule has 2 rings (SSSR count). The van der Waals surface area contributed by atoms with E-state index in [1.165, 1.54) is 4.68 Å². The highest BCUT2D eigenvalue weighted by Crippen LogP contribution is 2.13. The zero-order valence-corrected chi connectivity index (χ0v) is 8.65. The molecule has 6 heteroatoms. The second kappa shape index (κ2) is 3.39. The van der Waals surface area contributed by atoms with Crippen molar-refractivity contribution in [2.45, 2.75) is 0 Å². The topological polar surface area (TPSA) is 68.0 Å². The molecule has 76 valence electrons. The van der Waals surface area contributed by atoms with Gasteiger partial charge in [0, 0.05) is 13.2 Å². The molecule has 0 aliphatic carbocycles. The summed E-state index contributed by atoms with van der Waals surface area (Å²) < 4.78 is 1.64. The van der Waals surface area contributed by atoms with Crippen molar-refractivity contribution in [3.05, 3.63) is 28.5 Å². The number of rotatable bonds is 1. The van der Waals surface area contributed by atoms with Gasteiger partial charge in [-0.1, -0.05) is 12.2 Å². The molecule has 0 unspecified atom stereocenters. The summed E-state index contributed by atoms with van der Waals surface area (Å²) in [4.78, 5) is 14.9. The van der Waals surface area contributed by atoms with Crippen LogP contribution in [-0.4, -0.2) is 25.8 Å². The monoisotopic (exact) mass is 221 g/mol. The highest BCUT2D eigenvalue weighted by atomic mass is 32.1. The number of carboxylic acid groups (broad SMARTS) is 1. The number of aryl methyl sites for hydroxylation is 1. The molecule has 0 amide bonds. The molecule has 2 aromatic rings. The Morgan fingerprint density at radius 2 is 2.33 bits per heavy atom. The molecular weight excluding hydrogens is 214 g/mol. The summed E-state index contributed by atoms with van der Waals surface area (Å²) in [5.41, 5.74) is 1.06. The number of carboxylic acids is 1. The minimum absolute atomic E-state index is 0.140. The van der Waals surface area contributed by atoms with E-state index < -0.39 is 5.97 Å². The molecule has 0 aliphatic heterocycles. The Balaban J connectivity index is 2.97. The van der Waals surface area contributed by atoms with Gasteiger partial charge in [-0.25, -0.2) is 4.79 Å². The van der Waals surface area contributed by atoms with Crippen LogP contribution >= 0.6 is 12.2 Å². The van der Waals surface area contributed by atoms with Crippen LogP contribution in [0.3, 0.4) is 0 Å². The molecule has 0 fully saturated rings. The quantitative estimate of drug-likeness (QED) is 0.737. The molecular formula is C9H7N3O2S. The van der Waals surface area contributed by atoms with Gasteiger partial charge in [0.05, 0.1) is 5.52 Å². The molecule has 5 nitrogen and oxygen atoms in total. The third kappa shape index (κ3) is 1.48. The van der Waals surface area contributed by atoms with Gasteiger partial charge in [-0.15, -0.1) is 0 Å². The molecule has 0 radical (unpaired) electrons. The molecule has 0 saturated carbocycles. The second-order valence-electron chi connectivity index (χ2n) is 2.98. The Morgan fingerprint density at radius 1 is 1.60 bits per heavy atom. The summed E-state index contributed by atoms with van der Waals surface area (Å²) in [6.45, 7) is 0. The van der Waals surface area contributed by atoms with Crippen LogP contribution in [0.2, 0.25) is 0 Å². The summed E-state index contributed by atoms with van der Waals surface area (Å²) in [6, 6.07) is 3.54. The van der Waals surface area contributed by atoms with Gasteiger partial charge in [-0.05, 0) is 12.1 Å². The number of pyridine rings is 1. The van der Waals surface area contributed by atoms with E-state index in [1.807, 2.05) is 0 Å². The zero-order chi connectivity index (χ0) is 11.0. The molecule has 2 heterocycles. The summed E-state index contributed by atoms with van der Waals surface area (Å²) in [6.07, 6.45) is 1.57. The number of hydrogen-bond acceptors (Lipinski definition) is 4. The first-order valence-corrected chi connectivity index (χ1v) is 4.57. The Morgan fingerprint density at radius 3 is 3.00 bits per heavy atom. The molecule has 0 bridgehead atoms. The van der Waals surface area contributed by atoms with Gasteiger partial charge in [0.2, 0.25) is 0 Å². The van der Waals surface area contributed by atoms with E-state index in [0.717, 1.165) is 0 Å². The molecule has 0 saturated heterocycles. The van der Waals surface area contributed by atoms with Crippen LogP contribution in [0.25, 0.3) is 11.0 Å². The van der Waals surface area contributed by atoms with E-state index in [9.17, 15) is 4.79 Å². The summed E-state index contributed by atoms with van der Waals surface area (Å²) in [7, 11) is 1.66. The van der Waals surface area contributed by atoms with Gasteiger partial charge in [-0.3, -0.25) is 9.67 Å². The van der Waals surface area contributed by atoms with Crippen molar-refractivity contribution in [2.24, 2.45) is 7.05 Å². The molecule has 0 aromatic carbocycles. The van der Waals surface area contributed by atoms with E-state index in [1.54, 1.807) is 25.4 Å². The van der Waals surface area contributed by atoms with Crippen molar-refractivity contribution in [1.82, 2.24) is 14.8 Å². The van der Waals surface area contributed by atoms with Crippen LogP contribution in [0.15, 0.2) is 18.3 Å². The number of fused-ring (bicyclic) bond motifs is 1. The highest BCUT2D eigenvalue weighted by Gasteiger charge is 2.12. The number of aromatic carboxylic acids is 1. The van der Waals surface area contributed by atoms with Crippen molar-refractivity contribution in [3.63, 3.8) is 0 Å². The van der Waals surface area contributed by atoms with E-state index in [4.69, 9.17) is 17.3 Å². The lowest BCUT2D eigenvalue weighted by Crippen LogP contribution is -2.10. The molecule has 2 aromatic heterocycles. The second-order valence-corrected chi connectivity index (χ2v) is 3.39.